The van der Waals surface area contributed by atoms with Crippen LogP contribution in [-0.4, -0.2) is 4.92 Å². The predicted molar refractivity (Wildman–Crippen MR) is 76.1 cm³/mol. The molecule has 0 spiro atoms. The Labute approximate surface area is 120 Å². The Kier molecular flexibility index (Phi) is 4.46. The van der Waals surface area contributed by atoms with Crippen molar-refractivity contribution in [2.75, 3.05) is 5.32 Å². The Morgan fingerprint density at radius 1 is 1.29 bits per heavy atom. The van der Waals surface area contributed by atoms with Gasteiger partial charge in [-0.2, -0.15) is 5.26 Å². The van der Waals surface area contributed by atoms with Crippen LogP contribution in [0.25, 0.3) is 0 Å². The molecule has 0 bridgehead atoms. The van der Waals surface area contributed by atoms with Gasteiger partial charge in [-0.15, -0.1) is 0 Å². The quantitative estimate of drug-likeness (QED) is 0.669. The van der Waals surface area contributed by atoms with Crippen molar-refractivity contribution in [1.82, 2.24) is 0 Å². The highest BCUT2D eigenvalue weighted by molar-refractivity contribution is 5.62. The molecule has 1 N–H and O–H groups in total. The van der Waals surface area contributed by atoms with Gasteiger partial charge in [0.1, 0.15) is 11.5 Å². The first-order valence-corrected chi connectivity index (χ1v) is 6.24. The fourth-order valence-corrected chi connectivity index (χ4v) is 1.99. The molecule has 1 atom stereocenters. The number of nitriles is 1. The maximum atomic E-state index is 13.1. The molecule has 21 heavy (non-hydrogen) atoms. The van der Waals surface area contributed by atoms with E-state index < -0.39 is 16.8 Å². The fourth-order valence-electron chi connectivity index (χ4n) is 1.99. The van der Waals surface area contributed by atoms with Gasteiger partial charge in [-0.25, -0.2) is 4.39 Å². The monoisotopic (exact) mass is 285 g/mol. The van der Waals surface area contributed by atoms with Crippen LogP contribution in [0, 0.1) is 27.3 Å². The number of nitro groups is 1. The van der Waals surface area contributed by atoms with E-state index in [1.54, 1.807) is 0 Å². The van der Waals surface area contributed by atoms with Gasteiger partial charge in [0.15, 0.2) is 0 Å². The average Bonchev–Trinajstić information content (AvgIpc) is 2.49. The topological polar surface area (TPSA) is 79.0 Å². The highest BCUT2D eigenvalue weighted by Gasteiger charge is 2.19. The SMILES string of the molecule is N#CC[C@H](Nc1ccc(F)cc1[N+](=O)[O-])c1ccccc1. The Bertz CT molecular complexity index is 683. The summed E-state index contributed by atoms with van der Waals surface area (Å²) in [6.07, 6.45) is 0.137. The van der Waals surface area contributed by atoms with Gasteiger partial charge in [0.05, 0.1) is 29.5 Å². The summed E-state index contributed by atoms with van der Waals surface area (Å²) in [7, 11) is 0. The number of benzene rings is 2. The van der Waals surface area contributed by atoms with Crippen LogP contribution in [0.15, 0.2) is 48.5 Å². The fraction of sp³-hybridized carbons (Fsp3) is 0.133. The first kappa shape index (κ1) is 14.5. The second-order valence-electron chi connectivity index (χ2n) is 4.39. The van der Waals surface area contributed by atoms with Crippen LogP contribution < -0.4 is 5.32 Å². The van der Waals surface area contributed by atoms with Crippen LogP contribution in [0.4, 0.5) is 15.8 Å². The third-order valence-corrected chi connectivity index (χ3v) is 2.98. The van der Waals surface area contributed by atoms with E-state index in [1.165, 1.54) is 6.07 Å². The summed E-state index contributed by atoms with van der Waals surface area (Å²) >= 11 is 0. The third kappa shape index (κ3) is 3.54. The van der Waals surface area contributed by atoms with Crippen LogP contribution in [0.1, 0.15) is 18.0 Å². The molecule has 0 aliphatic rings. The van der Waals surface area contributed by atoms with Gasteiger partial charge in [0, 0.05) is 0 Å². The van der Waals surface area contributed by atoms with Crippen molar-refractivity contribution < 1.29 is 9.31 Å². The van der Waals surface area contributed by atoms with Crippen LogP contribution >= 0.6 is 0 Å². The zero-order valence-corrected chi connectivity index (χ0v) is 11.0. The van der Waals surface area contributed by atoms with Gasteiger partial charge in [0.25, 0.3) is 5.69 Å². The van der Waals surface area contributed by atoms with E-state index >= 15 is 0 Å². The van der Waals surface area contributed by atoms with Crippen LogP contribution in [0.3, 0.4) is 0 Å². The van der Waals surface area contributed by atoms with E-state index in [4.69, 9.17) is 5.26 Å². The van der Waals surface area contributed by atoms with Crippen molar-refractivity contribution in [1.29, 1.82) is 5.26 Å². The smallest absolute Gasteiger partial charge is 0.295 e. The Balaban J connectivity index is 2.34. The zero-order valence-electron chi connectivity index (χ0n) is 11.0. The first-order chi connectivity index (χ1) is 10.1. The number of halogens is 1. The van der Waals surface area contributed by atoms with Crippen molar-refractivity contribution in [2.24, 2.45) is 0 Å². The molecule has 0 heterocycles. The lowest BCUT2D eigenvalue weighted by Gasteiger charge is -2.17. The lowest BCUT2D eigenvalue weighted by Crippen LogP contribution is -2.11. The molecule has 0 aliphatic heterocycles. The third-order valence-electron chi connectivity index (χ3n) is 2.98. The van der Waals surface area contributed by atoms with Gasteiger partial charge in [-0.3, -0.25) is 10.1 Å². The van der Waals surface area contributed by atoms with Crippen molar-refractivity contribution in [3.63, 3.8) is 0 Å². The molecule has 2 aromatic carbocycles. The summed E-state index contributed by atoms with van der Waals surface area (Å²) in [6, 6.07) is 14.1. The molecule has 2 aromatic rings. The molecule has 0 aromatic heterocycles. The molecule has 0 unspecified atom stereocenters. The largest absolute Gasteiger partial charge is 0.372 e. The summed E-state index contributed by atoms with van der Waals surface area (Å²) in [5.74, 6) is -0.677. The lowest BCUT2D eigenvalue weighted by atomic mass is 10.0. The number of rotatable bonds is 5. The van der Waals surface area contributed by atoms with Gasteiger partial charge < -0.3 is 5.32 Å². The van der Waals surface area contributed by atoms with Crippen LogP contribution in [0.2, 0.25) is 0 Å². The van der Waals surface area contributed by atoms with E-state index in [0.29, 0.717) is 0 Å². The molecule has 0 radical (unpaired) electrons. The van der Waals surface area contributed by atoms with Gasteiger partial charge in [-0.05, 0) is 17.7 Å². The van der Waals surface area contributed by atoms with Crippen LogP contribution in [-0.2, 0) is 0 Å². The molecular weight excluding hydrogens is 273 g/mol. The summed E-state index contributed by atoms with van der Waals surface area (Å²) < 4.78 is 13.1. The normalized spacial score (nSPS) is 11.4. The number of hydrogen-bond acceptors (Lipinski definition) is 4. The molecule has 0 saturated carbocycles. The molecule has 5 nitrogen and oxygen atoms in total. The summed E-state index contributed by atoms with van der Waals surface area (Å²) in [5, 5.41) is 22.8. The molecule has 106 valence electrons. The summed E-state index contributed by atoms with van der Waals surface area (Å²) in [4.78, 5) is 10.3. The van der Waals surface area contributed by atoms with Crippen LogP contribution in [0.5, 0.6) is 0 Å². The standard InChI is InChI=1S/C15H12FN3O2/c16-12-6-7-14(15(10-12)19(20)21)18-13(8-9-17)11-4-2-1-3-5-11/h1-7,10,13,18H,8H2/t13-/m0/s1. The molecule has 0 saturated heterocycles. The number of nitrogens with one attached hydrogen (secondary N) is 1. The van der Waals surface area contributed by atoms with E-state index in [0.717, 1.165) is 17.7 Å². The molecule has 0 fully saturated rings. The molecule has 0 amide bonds. The highest BCUT2D eigenvalue weighted by Crippen LogP contribution is 2.30. The lowest BCUT2D eigenvalue weighted by molar-refractivity contribution is -0.384. The minimum absolute atomic E-state index is 0.137. The second kappa shape index (κ2) is 6.48. The maximum absolute atomic E-state index is 13.1. The number of nitrogens with zero attached hydrogens (tertiary/aromatic N) is 2. The van der Waals surface area contributed by atoms with E-state index in [2.05, 4.69) is 5.32 Å². The molecule has 6 heteroatoms. The van der Waals surface area contributed by atoms with Gasteiger partial charge in [0.2, 0.25) is 0 Å². The zero-order chi connectivity index (χ0) is 15.2. The number of anilines is 1. The predicted octanol–water partition coefficient (Wildman–Crippen LogP) is 3.80. The number of nitro benzene ring substituents is 1. The maximum Gasteiger partial charge on any atom is 0.295 e. The Morgan fingerprint density at radius 3 is 2.62 bits per heavy atom. The average molecular weight is 285 g/mol. The minimum Gasteiger partial charge on any atom is -0.372 e. The minimum atomic E-state index is -0.677. The van der Waals surface area contributed by atoms with Crippen molar-refractivity contribution in [3.8, 4) is 6.07 Å². The van der Waals surface area contributed by atoms with Crippen molar-refractivity contribution >= 4 is 11.4 Å². The second-order valence-corrected chi connectivity index (χ2v) is 4.39. The molecule has 2 rings (SSSR count). The first-order valence-electron chi connectivity index (χ1n) is 6.24. The van der Waals surface area contributed by atoms with E-state index in [9.17, 15) is 14.5 Å². The molecular formula is C15H12FN3O2. The highest BCUT2D eigenvalue weighted by atomic mass is 19.1. The van der Waals surface area contributed by atoms with Gasteiger partial charge >= 0.3 is 0 Å². The summed E-state index contributed by atoms with van der Waals surface area (Å²) in [5.41, 5.74) is 0.664. The van der Waals surface area contributed by atoms with E-state index in [1.807, 2.05) is 36.4 Å². The summed E-state index contributed by atoms with van der Waals surface area (Å²) in [6.45, 7) is 0. The van der Waals surface area contributed by atoms with E-state index in [-0.39, 0.29) is 17.8 Å². The van der Waals surface area contributed by atoms with Gasteiger partial charge in [-0.1, -0.05) is 30.3 Å². The number of hydrogen-bond donors (Lipinski definition) is 1. The Morgan fingerprint density at radius 2 is 2.00 bits per heavy atom. The van der Waals surface area contributed by atoms with Crippen molar-refractivity contribution in [3.05, 3.63) is 70.0 Å². The molecule has 0 aliphatic carbocycles. The van der Waals surface area contributed by atoms with Crippen molar-refractivity contribution in [2.45, 2.75) is 12.5 Å². The Hall–Kier alpha value is -2.94.